The van der Waals surface area contributed by atoms with Crippen LogP contribution in [0, 0.1) is 0 Å². The Kier molecular flexibility index (Phi) is 8.69. The number of carbonyl (C=O) groups excluding carboxylic acids is 2. The number of rotatable bonds is 9. The van der Waals surface area contributed by atoms with Gasteiger partial charge in [0, 0.05) is 12.6 Å². The fourth-order valence-corrected chi connectivity index (χ4v) is 3.87. The molecule has 0 spiro atoms. The van der Waals surface area contributed by atoms with Gasteiger partial charge in [0.25, 0.3) is 5.91 Å². The molecule has 36 heavy (non-hydrogen) atoms. The summed E-state index contributed by atoms with van der Waals surface area (Å²) in [5.74, 6) is 0.220. The molecule has 14 heteroatoms. The van der Waals surface area contributed by atoms with Crippen LogP contribution in [0.4, 0.5) is 18.9 Å². The van der Waals surface area contributed by atoms with Crippen LogP contribution in [0.15, 0.2) is 41.6 Å². The number of methoxy groups -OCH3 is 2. The maximum atomic E-state index is 12.9. The Hall–Kier alpha value is -3.45. The SMILES string of the molecule is COc1ccc(C(=O)NCc2nnc(SCC(=O)Nc3cc(C(F)(F)F)ccc3Cl)n2C)cc1OC. The van der Waals surface area contributed by atoms with E-state index < -0.39 is 17.6 Å². The number of hydrogen-bond donors (Lipinski definition) is 2. The molecule has 0 aliphatic rings. The van der Waals surface area contributed by atoms with Crippen LogP contribution < -0.4 is 20.1 Å². The Morgan fingerprint density at radius 1 is 1.08 bits per heavy atom. The number of anilines is 1. The van der Waals surface area contributed by atoms with Gasteiger partial charge in [-0.05, 0) is 36.4 Å². The number of halogens is 4. The van der Waals surface area contributed by atoms with Crippen molar-refractivity contribution in [3.63, 3.8) is 0 Å². The molecule has 9 nitrogen and oxygen atoms in total. The number of nitrogens with one attached hydrogen (secondary N) is 2. The summed E-state index contributed by atoms with van der Waals surface area (Å²) in [6.45, 7) is 0.0588. The largest absolute Gasteiger partial charge is 0.493 e. The number of benzene rings is 2. The lowest BCUT2D eigenvalue weighted by Crippen LogP contribution is -2.24. The molecular formula is C22H21ClF3N5O4S. The zero-order valence-corrected chi connectivity index (χ0v) is 20.8. The third-order valence-corrected chi connectivity index (χ3v) is 6.23. The van der Waals surface area contributed by atoms with E-state index in [4.69, 9.17) is 21.1 Å². The van der Waals surface area contributed by atoms with Gasteiger partial charge in [-0.3, -0.25) is 9.59 Å². The normalized spacial score (nSPS) is 11.2. The van der Waals surface area contributed by atoms with Gasteiger partial charge in [-0.2, -0.15) is 13.2 Å². The predicted molar refractivity (Wildman–Crippen MR) is 128 cm³/mol. The molecule has 0 unspecified atom stereocenters. The number of carbonyl (C=O) groups is 2. The molecular weight excluding hydrogens is 523 g/mol. The average molecular weight is 544 g/mol. The minimum Gasteiger partial charge on any atom is -0.493 e. The maximum absolute atomic E-state index is 12.9. The molecule has 2 amide bonds. The highest BCUT2D eigenvalue weighted by Gasteiger charge is 2.31. The summed E-state index contributed by atoms with van der Waals surface area (Å²) in [6.07, 6.45) is -4.57. The minimum atomic E-state index is -4.57. The van der Waals surface area contributed by atoms with Crippen LogP contribution in [0.25, 0.3) is 0 Å². The van der Waals surface area contributed by atoms with Crippen LogP contribution >= 0.6 is 23.4 Å². The first-order chi connectivity index (χ1) is 17.0. The summed E-state index contributed by atoms with van der Waals surface area (Å²) >= 11 is 6.93. The van der Waals surface area contributed by atoms with E-state index in [1.54, 1.807) is 29.8 Å². The third kappa shape index (κ3) is 6.61. The van der Waals surface area contributed by atoms with Crippen molar-refractivity contribution in [1.82, 2.24) is 20.1 Å². The Bertz CT molecular complexity index is 1270. The zero-order chi connectivity index (χ0) is 26.5. The number of amides is 2. The Morgan fingerprint density at radius 2 is 1.81 bits per heavy atom. The van der Waals surface area contributed by atoms with Gasteiger partial charge in [0.2, 0.25) is 5.91 Å². The van der Waals surface area contributed by atoms with E-state index >= 15 is 0 Å². The highest BCUT2D eigenvalue weighted by atomic mass is 35.5. The summed E-state index contributed by atoms with van der Waals surface area (Å²) in [5, 5.41) is 13.5. The Morgan fingerprint density at radius 3 is 2.47 bits per heavy atom. The molecule has 0 saturated heterocycles. The number of nitrogens with zero attached hydrogens (tertiary/aromatic N) is 3. The number of aromatic nitrogens is 3. The van der Waals surface area contributed by atoms with Crippen molar-refractivity contribution in [2.45, 2.75) is 17.9 Å². The van der Waals surface area contributed by atoms with Gasteiger partial charge < -0.3 is 24.7 Å². The van der Waals surface area contributed by atoms with Crippen molar-refractivity contribution in [3.05, 3.63) is 58.4 Å². The van der Waals surface area contributed by atoms with Crippen LogP contribution in [-0.4, -0.2) is 46.6 Å². The van der Waals surface area contributed by atoms with Crippen molar-refractivity contribution in [2.24, 2.45) is 7.05 Å². The van der Waals surface area contributed by atoms with E-state index in [9.17, 15) is 22.8 Å². The molecule has 1 aromatic heterocycles. The maximum Gasteiger partial charge on any atom is 0.416 e. The van der Waals surface area contributed by atoms with Crippen LogP contribution in [0.1, 0.15) is 21.7 Å². The molecule has 0 saturated carbocycles. The summed E-state index contributed by atoms with van der Waals surface area (Å²) in [6, 6.07) is 7.41. The molecule has 3 aromatic rings. The summed E-state index contributed by atoms with van der Waals surface area (Å²) in [5.41, 5.74) is -0.717. The molecule has 0 radical (unpaired) electrons. The van der Waals surface area contributed by atoms with E-state index in [1.807, 2.05) is 0 Å². The van der Waals surface area contributed by atoms with Crippen molar-refractivity contribution < 1.29 is 32.2 Å². The van der Waals surface area contributed by atoms with Crippen molar-refractivity contribution >= 4 is 40.9 Å². The molecule has 0 aliphatic carbocycles. The van der Waals surface area contributed by atoms with Crippen LogP contribution in [0.5, 0.6) is 11.5 Å². The van der Waals surface area contributed by atoms with Gasteiger partial charge in [-0.15, -0.1) is 10.2 Å². The van der Waals surface area contributed by atoms with Crippen molar-refractivity contribution in [2.75, 3.05) is 25.3 Å². The molecule has 0 bridgehead atoms. The van der Waals surface area contributed by atoms with E-state index in [1.165, 1.54) is 14.2 Å². The first-order valence-electron chi connectivity index (χ1n) is 10.2. The molecule has 0 aliphatic heterocycles. The molecule has 2 N–H and O–H groups in total. The second kappa shape index (κ2) is 11.5. The van der Waals surface area contributed by atoms with Crippen LogP contribution in [0.2, 0.25) is 5.02 Å². The monoisotopic (exact) mass is 543 g/mol. The highest BCUT2D eigenvalue weighted by Crippen LogP contribution is 2.34. The molecule has 1 heterocycles. The number of hydrogen-bond acceptors (Lipinski definition) is 7. The number of ether oxygens (including phenoxy) is 2. The highest BCUT2D eigenvalue weighted by molar-refractivity contribution is 7.99. The molecule has 2 aromatic carbocycles. The standard InChI is InChI=1S/C22H21ClF3N5O4S/c1-31-18(10-27-20(33)12-4-7-16(34-2)17(8-12)35-3)29-30-21(31)36-11-19(32)28-15-9-13(22(24,25)26)5-6-14(15)23/h4-9H,10-11H2,1-3H3,(H,27,33)(H,28,32). The Labute approximate surface area is 213 Å². The minimum absolute atomic E-state index is 0.0208. The van der Waals surface area contributed by atoms with Crippen LogP contribution in [0.3, 0.4) is 0 Å². The van der Waals surface area contributed by atoms with E-state index in [-0.39, 0.29) is 28.9 Å². The average Bonchev–Trinajstić information content (AvgIpc) is 3.20. The number of thioether (sulfide) groups is 1. The van der Waals surface area contributed by atoms with Crippen molar-refractivity contribution in [1.29, 1.82) is 0 Å². The van der Waals surface area contributed by atoms with Crippen LogP contribution in [-0.2, 0) is 24.6 Å². The first-order valence-corrected chi connectivity index (χ1v) is 11.6. The van der Waals surface area contributed by atoms with Gasteiger partial charge in [-0.25, -0.2) is 0 Å². The topological polar surface area (TPSA) is 107 Å². The third-order valence-electron chi connectivity index (χ3n) is 4.88. The molecule has 192 valence electrons. The fourth-order valence-electron chi connectivity index (χ4n) is 2.98. The fraction of sp³-hybridized carbons (Fsp3) is 0.273. The van der Waals surface area contributed by atoms with Gasteiger partial charge in [0.15, 0.2) is 22.5 Å². The van der Waals surface area contributed by atoms with Gasteiger partial charge in [0.05, 0.1) is 42.8 Å². The van der Waals surface area contributed by atoms with Gasteiger partial charge in [-0.1, -0.05) is 23.4 Å². The smallest absolute Gasteiger partial charge is 0.416 e. The second-order valence-corrected chi connectivity index (χ2v) is 8.59. The van der Waals surface area contributed by atoms with Crippen molar-refractivity contribution in [3.8, 4) is 11.5 Å². The molecule has 0 fully saturated rings. The van der Waals surface area contributed by atoms with E-state index in [0.717, 1.165) is 30.0 Å². The first kappa shape index (κ1) is 27.1. The molecule has 3 rings (SSSR count). The van der Waals surface area contributed by atoms with E-state index in [2.05, 4.69) is 20.8 Å². The predicted octanol–water partition coefficient (Wildman–Crippen LogP) is 4.17. The van der Waals surface area contributed by atoms with Gasteiger partial charge >= 0.3 is 6.18 Å². The lowest BCUT2D eigenvalue weighted by atomic mass is 10.2. The van der Waals surface area contributed by atoms with E-state index in [0.29, 0.717) is 28.0 Å². The number of alkyl halides is 3. The lowest BCUT2D eigenvalue weighted by Gasteiger charge is -2.11. The van der Waals surface area contributed by atoms with Gasteiger partial charge in [0.1, 0.15) is 0 Å². The summed E-state index contributed by atoms with van der Waals surface area (Å²) in [7, 11) is 4.61. The lowest BCUT2D eigenvalue weighted by molar-refractivity contribution is -0.137. The molecule has 0 atom stereocenters. The zero-order valence-electron chi connectivity index (χ0n) is 19.3. The summed E-state index contributed by atoms with van der Waals surface area (Å²) in [4.78, 5) is 24.8. The Balaban J connectivity index is 1.57. The second-order valence-electron chi connectivity index (χ2n) is 7.24. The quantitative estimate of drug-likeness (QED) is 0.390. The summed E-state index contributed by atoms with van der Waals surface area (Å²) < 4.78 is 50.7.